The fourth-order valence-corrected chi connectivity index (χ4v) is 4.22. The lowest BCUT2D eigenvalue weighted by Crippen LogP contribution is -2.36. The number of nitrogens with one attached hydrogen (secondary N) is 1. The summed E-state index contributed by atoms with van der Waals surface area (Å²) < 4.78 is 12.9. The van der Waals surface area contributed by atoms with Crippen LogP contribution in [-0.4, -0.2) is 42.3 Å². The summed E-state index contributed by atoms with van der Waals surface area (Å²) in [6, 6.07) is 11.2. The number of hydrogen-bond donors (Lipinski definition) is 1. The molecule has 1 amide bonds. The van der Waals surface area contributed by atoms with Crippen molar-refractivity contribution in [1.82, 2.24) is 9.88 Å². The molecule has 3 aromatic rings. The Balaban J connectivity index is 1.81. The van der Waals surface area contributed by atoms with Crippen LogP contribution in [0.3, 0.4) is 0 Å². The van der Waals surface area contributed by atoms with E-state index in [1.807, 2.05) is 36.1 Å². The SMILES string of the molecule is COc1ccc(OC)c(C2C(=C([O-])c3ccc(C)cc3)C(=O)C(=O)N2CCC[n+]2cc[nH]c2)c1. The standard InChI is InChI=1S/C26H27N3O5/c1-17-5-7-18(8-6-17)24(30)22-23(20-15-19(33-2)9-10-21(20)34-3)29(26(32)25(22)31)13-4-12-28-14-11-27-16-28/h5-11,14-16,23H,4,12-13H2,1-3H3,(H,30,31). The normalized spacial score (nSPS) is 17.3. The number of benzene rings is 2. The van der Waals surface area contributed by atoms with Gasteiger partial charge in [-0.2, -0.15) is 0 Å². The van der Waals surface area contributed by atoms with Crippen molar-refractivity contribution >= 4 is 17.4 Å². The van der Waals surface area contributed by atoms with Gasteiger partial charge >= 0.3 is 0 Å². The van der Waals surface area contributed by atoms with Crippen LogP contribution >= 0.6 is 0 Å². The fraction of sp³-hybridized carbons (Fsp3) is 0.269. The molecule has 1 N–H and O–H groups in total. The number of carbonyl (C=O) groups is 2. The molecule has 2 heterocycles. The molecule has 1 aromatic heterocycles. The number of ether oxygens (including phenoxy) is 2. The van der Waals surface area contributed by atoms with E-state index in [4.69, 9.17) is 9.47 Å². The molecule has 0 saturated carbocycles. The Morgan fingerprint density at radius 3 is 2.53 bits per heavy atom. The summed E-state index contributed by atoms with van der Waals surface area (Å²) in [7, 11) is 3.04. The predicted octanol–water partition coefficient (Wildman–Crippen LogP) is 1.94. The molecule has 1 aliphatic rings. The lowest BCUT2D eigenvalue weighted by Gasteiger charge is -2.28. The fourth-order valence-electron chi connectivity index (χ4n) is 4.22. The second-order valence-electron chi connectivity index (χ2n) is 8.15. The summed E-state index contributed by atoms with van der Waals surface area (Å²) in [5.41, 5.74) is 1.81. The number of imidazole rings is 1. The molecule has 4 rings (SSSR count). The van der Waals surface area contributed by atoms with Crippen LogP contribution in [0.25, 0.3) is 5.76 Å². The molecule has 1 atom stereocenters. The number of aromatic amines is 1. The highest BCUT2D eigenvalue weighted by molar-refractivity contribution is 6.46. The number of nitrogens with zero attached hydrogens (tertiary/aromatic N) is 2. The monoisotopic (exact) mass is 461 g/mol. The Kier molecular flexibility index (Phi) is 6.67. The average Bonchev–Trinajstić information content (AvgIpc) is 3.46. The van der Waals surface area contributed by atoms with Gasteiger partial charge in [-0.1, -0.05) is 35.6 Å². The van der Waals surface area contributed by atoms with Gasteiger partial charge in [-0.3, -0.25) is 14.6 Å². The molecule has 1 saturated heterocycles. The maximum absolute atomic E-state index is 13.5. The first-order valence-electron chi connectivity index (χ1n) is 11.0. The van der Waals surface area contributed by atoms with Crippen molar-refractivity contribution in [2.45, 2.75) is 25.9 Å². The number of rotatable bonds is 8. The molecule has 2 aromatic carbocycles. The lowest BCUT2D eigenvalue weighted by atomic mass is 9.94. The number of hydrogen-bond acceptors (Lipinski definition) is 5. The summed E-state index contributed by atoms with van der Waals surface area (Å²) in [4.78, 5) is 30.8. The number of carbonyl (C=O) groups excluding carboxylic acids is 2. The molecule has 0 spiro atoms. The molecular formula is C26H27N3O5. The minimum atomic E-state index is -0.880. The van der Waals surface area contributed by atoms with E-state index in [0.717, 1.165) is 5.56 Å². The lowest BCUT2D eigenvalue weighted by molar-refractivity contribution is -0.695. The van der Waals surface area contributed by atoms with Crippen molar-refractivity contribution in [2.24, 2.45) is 0 Å². The minimum absolute atomic E-state index is 0.0743. The molecule has 1 fully saturated rings. The van der Waals surface area contributed by atoms with Crippen LogP contribution in [0.15, 0.2) is 66.8 Å². The third-order valence-corrected chi connectivity index (χ3v) is 5.99. The van der Waals surface area contributed by atoms with E-state index in [2.05, 4.69) is 4.98 Å². The molecule has 0 aliphatic carbocycles. The molecule has 1 aliphatic heterocycles. The zero-order valence-electron chi connectivity index (χ0n) is 19.4. The summed E-state index contributed by atoms with van der Waals surface area (Å²) in [6.07, 6.45) is 6.10. The highest BCUT2D eigenvalue weighted by atomic mass is 16.5. The van der Waals surface area contributed by atoms with Gasteiger partial charge in [-0.15, -0.1) is 0 Å². The Bertz CT molecular complexity index is 1220. The van der Waals surface area contributed by atoms with E-state index in [0.29, 0.717) is 42.1 Å². The van der Waals surface area contributed by atoms with E-state index < -0.39 is 23.5 Å². The summed E-state index contributed by atoms with van der Waals surface area (Å²) in [6.45, 7) is 2.85. The second-order valence-corrected chi connectivity index (χ2v) is 8.15. The largest absolute Gasteiger partial charge is 0.872 e. The van der Waals surface area contributed by atoms with Gasteiger partial charge in [-0.25, -0.2) is 4.57 Å². The van der Waals surface area contributed by atoms with Gasteiger partial charge in [0, 0.05) is 24.1 Å². The van der Waals surface area contributed by atoms with Crippen molar-refractivity contribution in [3.05, 3.63) is 83.4 Å². The zero-order chi connectivity index (χ0) is 24.2. The number of aromatic nitrogens is 2. The Morgan fingerprint density at radius 1 is 1.12 bits per heavy atom. The third kappa shape index (κ3) is 4.39. The number of likely N-dealkylation sites (tertiary alicyclic amines) is 1. The topological polar surface area (TPSA) is 98.6 Å². The number of Topliss-reactive ketones (excluding diaryl/α,β-unsaturated/α-hetero) is 1. The number of amides is 1. The van der Waals surface area contributed by atoms with E-state index in [9.17, 15) is 14.7 Å². The first kappa shape index (κ1) is 23.1. The number of H-pyrrole nitrogens is 1. The van der Waals surface area contributed by atoms with Crippen molar-refractivity contribution in [3.8, 4) is 11.5 Å². The van der Waals surface area contributed by atoms with Gasteiger partial charge in [0.05, 0.1) is 26.8 Å². The zero-order valence-corrected chi connectivity index (χ0v) is 19.4. The number of aryl methyl sites for hydroxylation is 2. The number of ketones is 1. The first-order valence-corrected chi connectivity index (χ1v) is 11.0. The second kappa shape index (κ2) is 9.82. The van der Waals surface area contributed by atoms with Crippen LogP contribution in [0.2, 0.25) is 0 Å². The molecule has 1 unspecified atom stereocenters. The smallest absolute Gasteiger partial charge is 0.295 e. The molecular weight excluding hydrogens is 434 g/mol. The third-order valence-electron chi connectivity index (χ3n) is 5.99. The van der Waals surface area contributed by atoms with Crippen molar-refractivity contribution in [1.29, 1.82) is 0 Å². The maximum atomic E-state index is 13.5. The van der Waals surface area contributed by atoms with E-state index in [-0.39, 0.29) is 5.57 Å². The predicted molar refractivity (Wildman–Crippen MR) is 123 cm³/mol. The Morgan fingerprint density at radius 2 is 1.88 bits per heavy atom. The van der Waals surface area contributed by atoms with E-state index in [1.165, 1.54) is 19.1 Å². The van der Waals surface area contributed by atoms with Crippen LogP contribution in [0.5, 0.6) is 11.5 Å². The molecule has 176 valence electrons. The molecule has 8 heteroatoms. The van der Waals surface area contributed by atoms with Gasteiger partial charge in [0.25, 0.3) is 5.91 Å². The van der Waals surface area contributed by atoms with Crippen molar-refractivity contribution < 1.29 is 28.7 Å². The quantitative estimate of drug-likeness (QED) is 0.239. The Hall–Kier alpha value is -4.07. The number of methoxy groups -OCH3 is 2. The van der Waals surface area contributed by atoms with Crippen LogP contribution in [0.1, 0.15) is 29.2 Å². The molecule has 8 nitrogen and oxygen atoms in total. The molecule has 0 radical (unpaired) electrons. The molecule has 34 heavy (non-hydrogen) atoms. The van der Waals surface area contributed by atoms with Crippen molar-refractivity contribution in [3.63, 3.8) is 0 Å². The van der Waals surface area contributed by atoms with Crippen LogP contribution in [0, 0.1) is 6.92 Å². The minimum Gasteiger partial charge on any atom is -0.872 e. The van der Waals surface area contributed by atoms with Gasteiger partial charge in [0.15, 0.2) is 0 Å². The van der Waals surface area contributed by atoms with Crippen LogP contribution in [0.4, 0.5) is 0 Å². The highest BCUT2D eigenvalue weighted by Crippen LogP contribution is 2.43. The summed E-state index contributed by atoms with van der Waals surface area (Å²) in [5, 5.41) is 13.5. The van der Waals surface area contributed by atoms with Gasteiger partial charge in [0.2, 0.25) is 12.1 Å². The highest BCUT2D eigenvalue weighted by Gasteiger charge is 2.45. The average molecular weight is 462 g/mol. The summed E-state index contributed by atoms with van der Waals surface area (Å²) in [5.74, 6) is -0.935. The van der Waals surface area contributed by atoms with E-state index >= 15 is 0 Å². The first-order chi connectivity index (χ1) is 16.4. The maximum Gasteiger partial charge on any atom is 0.295 e. The Labute approximate surface area is 198 Å². The van der Waals surface area contributed by atoms with Crippen LogP contribution in [-0.2, 0) is 16.1 Å². The van der Waals surface area contributed by atoms with Gasteiger partial charge in [-0.05, 0) is 30.7 Å². The van der Waals surface area contributed by atoms with Gasteiger partial charge < -0.3 is 19.5 Å². The van der Waals surface area contributed by atoms with Gasteiger partial charge in [0.1, 0.15) is 23.9 Å². The summed E-state index contributed by atoms with van der Waals surface area (Å²) >= 11 is 0. The van der Waals surface area contributed by atoms with Crippen molar-refractivity contribution in [2.75, 3.05) is 20.8 Å². The van der Waals surface area contributed by atoms with E-state index in [1.54, 1.807) is 36.5 Å². The molecule has 0 bridgehead atoms. The van der Waals surface area contributed by atoms with Crippen LogP contribution < -0.4 is 19.1 Å².